The van der Waals surface area contributed by atoms with E-state index in [9.17, 15) is 15.0 Å². The van der Waals surface area contributed by atoms with Gasteiger partial charge in [-0.05, 0) is 24.3 Å². The molecule has 1 amide bonds. The molecule has 0 bridgehead atoms. The first kappa shape index (κ1) is 12.9. The molecule has 0 aliphatic heterocycles. The van der Waals surface area contributed by atoms with Crippen LogP contribution in [0.4, 0.5) is 0 Å². The van der Waals surface area contributed by atoms with Crippen molar-refractivity contribution in [1.82, 2.24) is 10.3 Å². The van der Waals surface area contributed by atoms with Gasteiger partial charge in [0.2, 0.25) is 0 Å². The molecule has 1 aromatic carbocycles. The average molecular weight is 258 g/mol. The summed E-state index contributed by atoms with van der Waals surface area (Å²) in [4.78, 5) is 16.0. The molecule has 2 aromatic rings. The summed E-state index contributed by atoms with van der Waals surface area (Å²) in [7, 11) is 0. The Morgan fingerprint density at radius 2 is 1.84 bits per heavy atom. The molecule has 0 atom stereocenters. The predicted octanol–water partition coefficient (Wildman–Crippen LogP) is 1.47. The zero-order valence-electron chi connectivity index (χ0n) is 10.2. The van der Waals surface area contributed by atoms with Crippen molar-refractivity contribution in [2.24, 2.45) is 0 Å². The maximum atomic E-state index is 11.8. The van der Waals surface area contributed by atoms with Crippen molar-refractivity contribution in [3.8, 4) is 11.5 Å². The summed E-state index contributed by atoms with van der Waals surface area (Å²) in [5, 5.41) is 21.7. The lowest BCUT2D eigenvalue weighted by Gasteiger charge is -2.08. The molecule has 0 unspecified atom stereocenters. The molecule has 0 radical (unpaired) electrons. The summed E-state index contributed by atoms with van der Waals surface area (Å²) in [5.41, 5.74) is 0.757. The Morgan fingerprint density at radius 1 is 1.11 bits per heavy atom. The zero-order valence-corrected chi connectivity index (χ0v) is 10.2. The number of hydrogen-bond acceptors (Lipinski definition) is 4. The minimum absolute atomic E-state index is 0.108. The van der Waals surface area contributed by atoms with Gasteiger partial charge in [-0.25, -0.2) is 0 Å². The molecule has 0 aliphatic rings. The van der Waals surface area contributed by atoms with Gasteiger partial charge in [0, 0.05) is 24.9 Å². The number of pyridine rings is 1. The highest BCUT2D eigenvalue weighted by atomic mass is 16.3. The lowest BCUT2D eigenvalue weighted by atomic mass is 10.1. The van der Waals surface area contributed by atoms with E-state index >= 15 is 0 Å². The summed E-state index contributed by atoms with van der Waals surface area (Å²) in [6, 6.07) is 9.74. The molecule has 3 N–H and O–H groups in total. The molecule has 0 saturated carbocycles. The Kier molecular flexibility index (Phi) is 3.97. The van der Waals surface area contributed by atoms with Gasteiger partial charge in [-0.3, -0.25) is 9.78 Å². The van der Waals surface area contributed by atoms with Gasteiger partial charge in [0.1, 0.15) is 17.1 Å². The number of carbonyl (C=O) groups is 1. The lowest BCUT2D eigenvalue weighted by Crippen LogP contribution is -2.26. The van der Waals surface area contributed by atoms with Crippen LogP contribution in [0.5, 0.6) is 11.5 Å². The molecule has 5 heteroatoms. The van der Waals surface area contributed by atoms with Gasteiger partial charge in [-0.2, -0.15) is 0 Å². The fourth-order valence-corrected chi connectivity index (χ4v) is 1.70. The summed E-state index contributed by atoms with van der Waals surface area (Å²) >= 11 is 0. The summed E-state index contributed by atoms with van der Waals surface area (Å²) in [6.45, 7) is 0.379. The maximum absolute atomic E-state index is 11.8. The smallest absolute Gasteiger partial charge is 0.258 e. The number of phenolic OH excluding ortho intramolecular Hbond substituents is 2. The van der Waals surface area contributed by atoms with Gasteiger partial charge in [-0.1, -0.05) is 12.1 Å². The number of rotatable bonds is 4. The number of nitrogens with zero attached hydrogens (tertiary/aromatic N) is 1. The number of nitrogens with one attached hydrogen (secondary N) is 1. The highest BCUT2D eigenvalue weighted by Gasteiger charge is 2.15. The van der Waals surface area contributed by atoms with E-state index in [1.807, 2.05) is 18.2 Å². The van der Waals surface area contributed by atoms with Crippen LogP contribution in [0.2, 0.25) is 0 Å². The van der Waals surface area contributed by atoms with Crippen LogP contribution in [0.25, 0.3) is 0 Å². The average Bonchev–Trinajstić information content (AvgIpc) is 2.40. The molecule has 19 heavy (non-hydrogen) atoms. The SMILES string of the molecule is O=C(NCCc1ccccn1)c1c(O)cccc1O. The van der Waals surface area contributed by atoms with Crippen molar-refractivity contribution in [1.29, 1.82) is 0 Å². The number of phenols is 2. The number of aromatic hydroxyl groups is 2. The number of carbonyl (C=O) groups excluding carboxylic acids is 1. The van der Waals surface area contributed by atoms with Gasteiger partial charge in [-0.15, -0.1) is 0 Å². The zero-order chi connectivity index (χ0) is 13.7. The van der Waals surface area contributed by atoms with E-state index < -0.39 is 5.91 Å². The van der Waals surface area contributed by atoms with Crippen molar-refractivity contribution in [2.45, 2.75) is 6.42 Å². The Balaban J connectivity index is 1.95. The van der Waals surface area contributed by atoms with E-state index in [4.69, 9.17) is 0 Å². The lowest BCUT2D eigenvalue weighted by molar-refractivity contribution is 0.0948. The summed E-state index contributed by atoms with van der Waals surface area (Å²) in [6.07, 6.45) is 2.27. The van der Waals surface area contributed by atoms with Crippen LogP contribution in [0, 0.1) is 0 Å². The van der Waals surface area contributed by atoms with Gasteiger partial charge in [0.25, 0.3) is 5.91 Å². The molecule has 1 heterocycles. The third-order valence-corrected chi connectivity index (χ3v) is 2.64. The van der Waals surface area contributed by atoms with E-state index in [0.29, 0.717) is 13.0 Å². The molecule has 1 aromatic heterocycles. The van der Waals surface area contributed by atoms with Crippen molar-refractivity contribution in [3.63, 3.8) is 0 Å². The third-order valence-electron chi connectivity index (χ3n) is 2.64. The molecule has 98 valence electrons. The number of amides is 1. The van der Waals surface area contributed by atoms with Crippen LogP contribution in [-0.4, -0.2) is 27.6 Å². The van der Waals surface area contributed by atoms with Crippen LogP contribution < -0.4 is 5.32 Å². The highest BCUT2D eigenvalue weighted by molar-refractivity contribution is 5.99. The summed E-state index contributed by atoms with van der Waals surface area (Å²) < 4.78 is 0. The minimum atomic E-state index is -0.508. The van der Waals surface area contributed by atoms with Crippen molar-refractivity contribution < 1.29 is 15.0 Å². The van der Waals surface area contributed by atoms with Crippen molar-refractivity contribution >= 4 is 5.91 Å². The second-order valence-electron chi connectivity index (χ2n) is 4.00. The van der Waals surface area contributed by atoms with Crippen LogP contribution in [0.3, 0.4) is 0 Å². The Bertz CT molecular complexity index is 550. The van der Waals surface area contributed by atoms with Gasteiger partial charge in [0.05, 0.1) is 0 Å². The minimum Gasteiger partial charge on any atom is -0.507 e. The number of aromatic nitrogens is 1. The Hall–Kier alpha value is -2.56. The van der Waals surface area contributed by atoms with Crippen LogP contribution in [-0.2, 0) is 6.42 Å². The molecule has 0 aliphatic carbocycles. The first-order valence-electron chi connectivity index (χ1n) is 5.87. The molecular weight excluding hydrogens is 244 g/mol. The standard InChI is InChI=1S/C14H14N2O3/c17-11-5-3-6-12(18)13(11)14(19)16-9-7-10-4-1-2-8-15-10/h1-6,8,17-18H,7,9H2,(H,16,19). The van der Waals surface area contributed by atoms with Crippen LogP contribution in [0.15, 0.2) is 42.6 Å². The first-order chi connectivity index (χ1) is 9.18. The van der Waals surface area contributed by atoms with Crippen LogP contribution >= 0.6 is 0 Å². The van der Waals surface area contributed by atoms with E-state index in [2.05, 4.69) is 10.3 Å². The fourth-order valence-electron chi connectivity index (χ4n) is 1.70. The van der Waals surface area contributed by atoms with E-state index in [1.165, 1.54) is 18.2 Å². The molecule has 0 spiro atoms. The monoisotopic (exact) mass is 258 g/mol. The quantitative estimate of drug-likeness (QED) is 0.775. The second kappa shape index (κ2) is 5.86. The Labute approximate surface area is 110 Å². The third kappa shape index (κ3) is 3.22. The number of benzene rings is 1. The topological polar surface area (TPSA) is 82.5 Å². The maximum Gasteiger partial charge on any atom is 0.258 e. The van der Waals surface area contributed by atoms with E-state index in [1.54, 1.807) is 6.20 Å². The summed E-state index contributed by atoms with van der Waals surface area (Å²) in [5.74, 6) is -0.989. The van der Waals surface area contributed by atoms with Crippen molar-refractivity contribution in [2.75, 3.05) is 6.54 Å². The largest absolute Gasteiger partial charge is 0.507 e. The first-order valence-corrected chi connectivity index (χ1v) is 5.87. The fraction of sp³-hybridized carbons (Fsp3) is 0.143. The predicted molar refractivity (Wildman–Crippen MR) is 70.0 cm³/mol. The molecule has 5 nitrogen and oxygen atoms in total. The van der Waals surface area contributed by atoms with Gasteiger partial charge in [0.15, 0.2) is 0 Å². The van der Waals surface area contributed by atoms with Gasteiger partial charge < -0.3 is 15.5 Å². The molecule has 0 saturated heterocycles. The highest BCUT2D eigenvalue weighted by Crippen LogP contribution is 2.25. The van der Waals surface area contributed by atoms with E-state index in [-0.39, 0.29) is 17.1 Å². The Morgan fingerprint density at radius 3 is 2.47 bits per heavy atom. The van der Waals surface area contributed by atoms with Crippen molar-refractivity contribution in [3.05, 3.63) is 53.9 Å². The molecular formula is C14H14N2O3. The molecule has 2 rings (SSSR count). The van der Waals surface area contributed by atoms with Crippen LogP contribution in [0.1, 0.15) is 16.1 Å². The molecule has 0 fully saturated rings. The number of hydrogen-bond donors (Lipinski definition) is 3. The second-order valence-corrected chi connectivity index (χ2v) is 4.00. The van der Waals surface area contributed by atoms with Gasteiger partial charge >= 0.3 is 0 Å². The normalized spacial score (nSPS) is 10.1. The van der Waals surface area contributed by atoms with E-state index in [0.717, 1.165) is 5.69 Å².